The number of amides is 1. The minimum atomic E-state index is -0.958. The summed E-state index contributed by atoms with van der Waals surface area (Å²) in [4.78, 5) is 24.4. The van der Waals surface area contributed by atoms with Crippen molar-refractivity contribution in [1.29, 1.82) is 0 Å². The molecule has 0 saturated heterocycles. The van der Waals surface area contributed by atoms with E-state index in [1.54, 1.807) is 43.5 Å². The molecule has 1 unspecified atom stereocenters. The van der Waals surface area contributed by atoms with Crippen LogP contribution < -0.4 is 19.5 Å². The number of aryl methyl sites for hydroxylation is 1. The van der Waals surface area contributed by atoms with E-state index in [0.29, 0.717) is 35.2 Å². The highest BCUT2D eigenvalue weighted by molar-refractivity contribution is 6.31. The van der Waals surface area contributed by atoms with Crippen molar-refractivity contribution in [2.75, 3.05) is 26.1 Å². The van der Waals surface area contributed by atoms with Gasteiger partial charge in [-0.1, -0.05) is 11.6 Å². The number of carbonyl (C=O) groups excluding carboxylic acids is 2. The maximum atomic E-state index is 12.4. The molecular formula is C22H26ClNO6. The average Bonchev–Trinajstić information content (AvgIpc) is 2.73. The topological polar surface area (TPSA) is 83.1 Å². The Kier molecular flexibility index (Phi) is 8.80. The largest absolute Gasteiger partial charge is 0.497 e. The first-order valence-corrected chi connectivity index (χ1v) is 9.83. The zero-order valence-electron chi connectivity index (χ0n) is 17.5. The van der Waals surface area contributed by atoms with Crippen LogP contribution in [0.4, 0.5) is 5.69 Å². The molecule has 0 radical (unpaired) electrons. The summed E-state index contributed by atoms with van der Waals surface area (Å²) in [5.74, 6) is 0.912. The van der Waals surface area contributed by atoms with Crippen LogP contribution in [0.25, 0.3) is 0 Å². The Labute approximate surface area is 181 Å². The van der Waals surface area contributed by atoms with Gasteiger partial charge in [0, 0.05) is 17.5 Å². The van der Waals surface area contributed by atoms with Gasteiger partial charge in [0.25, 0.3) is 5.91 Å². The molecule has 162 valence electrons. The molecule has 1 N–H and O–H groups in total. The van der Waals surface area contributed by atoms with E-state index in [0.717, 1.165) is 11.3 Å². The van der Waals surface area contributed by atoms with Crippen LogP contribution >= 0.6 is 11.6 Å². The fourth-order valence-corrected chi connectivity index (χ4v) is 2.71. The van der Waals surface area contributed by atoms with Gasteiger partial charge in [0.15, 0.2) is 6.10 Å². The number of anilines is 1. The highest BCUT2D eigenvalue weighted by atomic mass is 35.5. The first kappa shape index (κ1) is 23.3. The maximum Gasteiger partial charge on any atom is 0.306 e. The third-order valence-electron chi connectivity index (χ3n) is 4.27. The molecule has 2 rings (SSSR count). The number of hydrogen-bond acceptors (Lipinski definition) is 6. The van der Waals surface area contributed by atoms with Crippen LogP contribution in [-0.2, 0) is 14.3 Å². The molecule has 30 heavy (non-hydrogen) atoms. The standard InChI is InChI=1S/C22H26ClNO6/c1-14-12-19(20(28-4)13-18(14)23)24-22(26)15(2)30-21(25)6-5-11-29-17-9-7-16(27-3)8-10-17/h7-10,12-13,15H,5-6,11H2,1-4H3,(H,24,26). The third-order valence-corrected chi connectivity index (χ3v) is 4.68. The fourth-order valence-electron chi connectivity index (χ4n) is 2.55. The predicted octanol–water partition coefficient (Wildman–Crippen LogP) is 4.40. The van der Waals surface area contributed by atoms with Gasteiger partial charge in [-0.15, -0.1) is 0 Å². The second-order valence-electron chi connectivity index (χ2n) is 6.55. The Bertz CT molecular complexity index is 869. The van der Waals surface area contributed by atoms with Crippen molar-refractivity contribution in [3.8, 4) is 17.2 Å². The van der Waals surface area contributed by atoms with Crippen LogP contribution in [0.1, 0.15) is 25.3 Å². The lowest BCUT2D eigenvalue weighted by molar-refractivity contribution is -0.153. The van der Waals surface area contributed by atoms with Gasteiger partial charge in [0.2, 0.25) is 0 Å². The normalized spacial score (nSPS) is 11.4. The highest BCUT2D eigenvalue weighted by Crippen LogP contribution is 2.31. The number of halogens is 1. The Hall–Kier alpha value is -2.93. The molecule has 1 atom stereocenters. The molecule has 0 bridgehead atoms. The SMILES string of the molecule is COc1ccc(OCCCC(=O)OC(C)C(=O)Nc2cc(C)c(Cl)cc2OC)cc1. The maximum absolute atomic E-state index is 12.4. The zero-order chi connectivity index (χ0) is 22.1. The zero-order valence-corrected chi connectivity index (χ0v) is 18.2. The molecule has 0 spiro atoms. The van der Waals surface area contributed by atoms with Gasteiger partial charge in [-0.25, -0.2) is 0 Å². The van der Waals surface area contributed by atoms with Crippen molar-refractivity contribution in [2.24, 2.45) is 0 Å². The van der Waals surface area contributed by atoms with E-state index in [-0.39, 0.29) is 6.42 Å². The number of benzene rings is 2. The molecular weight excluding hydrogens is 410 g/mol. The lowest BCUT2D eigenvalue weighted by Gasteiger charge is -2.16. The predicted molar refractivity (Wildman–Crippen MR) is 115 cm³/mol. The van der Waals surface area contributed by atoms with Crippen molar-refractivity contribution < 1.29 is 28.5 Å². The quantitative estimate of drug-likeness (QED) is 0.440. The van der Waals surface area contributed by atoms with Crippen LogP contribution in [0, 0.1) is 6.92 Å². The Balaban J connectivity index is 1.76. The average molecular weight is 436 g/mol. The van der Waals surface area contributed by atoms with Crippen molar-refractivity contribution in [3.05, 3.63) is 47.0 Å². The van der Waals surface area contributed by atoms with E-state index in [4.69, 9.17) is 30.5 Å². The molecule has 0 saturated carbocycles. The van der Waals surface area contributed by atoms with Gasteiger partial charge in [-0.3, -0.25) is 9.59 Å². The first-order chi connectivity index (χ1) is 14.3. The highest BCUT2D eigenvalue weighted by Gasteiger charge is 2.19. The summed E-state index contributed by atoms with van der Waals surface area (Å²) in [6.45, 7) is 3.68. The summed E-state index contributed by atoms with van der Waals surface area (Å²) in [6, 6.07) is 10.5. The van der Waals surface area contributed by atoms with E-state index in [1.165, 1.54) is 14.0 Å². The number of ether oxygens (including phenoxy) is 4. The Morgan fingerprint density at radius 1 is 1.07 bits per heavy atom. The summed E-state index contributed by atoms with van der Waals surface area (Å²) in [5, 5.41) is 3.23. The number of rotatable bonds is 10. The summed E-state index contributed by atoms with van der Waals surface area (Å²) >= 11 is 6.07. The molecule has 0 aliphatic carbocycles. The minimum Gasteiger partial charge on any atom is -0.497 e. The molecule has 0 heterocycles. The Morgan fingerprint density at radius 3 is 2.37 bits per heavy atom. The van der Waals surface area contributed by atoms with Crippen LogP contribution in [0.5, 0.6) is 17.2 Å². The molecule has 8 heteroatoms. The van der Waals surface area contributed by atoms with E-state index < -0.39 is 18.0 Å². The molecule has 2 aromatic carbocycles. The lowest BCUT2D eigenvalue weighted by atomic mass is 10.2. The number of hydrogen-bond donors (Lipinski definition) is 1. The van der Waals surface area contributed by atoms with Crippen LogP contribution in [0.3, 0.4) is 0 Å². The van der Waals surface area contributed by atoms with Gasteiger partial charge >= 0.3 is 5.97 Å². The smallest absolute Gasteiger partial charge is 0.306 e. The van der Waals surface area contributed by atoms with E-state index in [9.17, 15) is 9.59 Å². The van der Waals surface area contributed by atoms with Crippen molar-refractivity contribution in [1.82, 2.24) is 0 Å². The third kappa shape index (κ3) is 6.84. The molecule has 0 aliphatic heterocycles. The van der Waals surface area contributed by atoms with E-state index >= 15 is 0 Å². The van der Waals surface area contributed by atoms with Crippen LogP contribution in [0.15, 0.2) is 36.4 Å². The van der Waals surface area contributed by atoms with Crippen LogP contribution in [-0.4, -0.2) is 38.8 Å². The first-order valence-electron chi connectivity index (χ1n) is 9.45. The number of nitrogens with one attached hydrogen (secondary N) is 1. The van der Waals surface area contributed by atoms with Gasteiger partial charge in [0.1, 0.15) is 17.2 Å². The summed E-state index contributed by atoms with van der Waals surface area (Å²) in [5.41, 5.74) is 1.24. The minimum absolute atomic E-state index is 0.136. The monoisotopic (exact) mass is 435 g/mol. The van der Waals surface area contributed by atoms with Crippen LogP contribution in [0.2, 0.25) is 5.02 Å². The molecule has 0 aromatic heterocycles. The molecule has 2 aromatic rings. The second-order valence-corrected chi connectivity index (χ2v) is 6.96. The van der Waals surface area contributed by atoms with Gasteiger partial charge in [0.05, 0.1) is 26.5 Å². The molecule has 0 fully saturated rings. The van der Waals surface area contributed by atoms with Gasteiger partial charge in [-0.05, 0) is 56.2 Å². The molecule has 0 aliphatic rings. The number of methoxy groups -OCH3 is 2. The molecule has 7 nitrogen and oxygen atoms in total. The second kappa shape index (κ2) is 11.3. The van der Waals surface area contributed by atoms with E-state index in [1.807, 2.05) is 6.92 Å². The number of esters is 1. The molecule has 1 amide bonds. The van der Waals surface area contributed by atoms with E-state index in [2.05, 4.69) is 5.32 Å². The lowest BCUT2D eigenvalue weighted by Crippen LogP contribution is -2.30. The van der Waals surface area contributed by atoms with Crippen molar-refractivity contribution >= 4 is 29.2 Å². The van der Waals surface area contributed by atoms with Crippen molar-refractivity contribution in [3.63, 3.8) is 0 Å². The summed E-state index contributed by atoms with van der Waals surface area (Å²) in [7, 11) is 3.07. The number of carbonyl (C=O) groups is 2. The summed E-state index contributed by atoms with van der Waals surface area (Å²) in [6.07, 6.45) is -0.360. The van der Waals surface area contributed by atoms with Crippen molar-refractivity contribution in [2.45, 2.75) is 32.8 Å². The fraction of sp³-hybridized carbons (Fsp3) is 0.364. The Morgan fingerprint density at radius 2 is 1.73 bits per heavy atom. The van der Waals surface area contributed by atoms with Gasteiger partial charge in [-0.2, -0.15) is 0 Å². The van der Waals surface area contributed by atoms with Gasteiger partial charge < -0.3 is 24.3 Å². The summed E-state index contributed by atoms with van der Waals surface area (Å²) < 4.78 is 21.1.